The Morgan fingerprint density at radius 1 is 1.21 bits per heavy atom. The Bertz CT molecular complexity index is 420. The van der Waals surface area contributed by atoms with Crippen LogP contribution in [0.3, 0.4) is 0 Å². The molecule has 2 aliphatic carbocycles. The second-order valence-electron chi connectivity index (χ2n) is 6.23. The smallest absolute Gasteiger partial charge is 0.0934 e. The molecule has 0 aliphatic heterocycles. The van der Waals surface area contributed by atoms with Gasteiger partial charge in [-0.1, -0.05) is 37.3 Å². The Morgan fingerprint density at radius 2 is 1.95 bits per heavy atom. The number of halogens is 1. The summed E-state index contributed by atoms with van der Waals surface area (Å²) >= 11 is 7.91. The molecule has 0 spiro atoms. The van der Waals surface area contributed by atoms with Crippen molar-refractivity contribution < 1.29 is 0 Å². The maximum absolute atomic E-state index is 6.14. The van der Waals surface area contributed by atoms with Gasteiger partial charge in [-0.3, -0.25) is 0 Å². The SMILES string of the molecule is C[C@@H](NC1CCc2sc(Cl)cc21)C1CCCCCC1. The van der Waals surface area contributed by atoms with Gasteiger partial charge in [-0.25, -0.2) is 0 Å². The number of rotatable bonds is 3. The summed E-state index contributed by atoms with van der Waals surface area (Å²) in [6.07, 6.45) is 11.0. The molecule has 1 aromatic rings. The summed E-state index contributed by atoms with van der Waals surface area (Å²) in [5.41, 5.74) is 1.48. The van der Waals surface area contributed by atoms with E-state index in [9.17, 15) is 0 Å². The van der Waals surface area contributed by atoms with Gasteiger partial charge in [-0.15, -0.1) is 11.3 Å². The van der Waals surface area contributed by atoms with Crippen LogP contribution in [0.5, 0.6) is 0 Å². The predicted molar refractivity (Wildman–Crippen MR) is 84.2 cm³/mol. The lowest BCUT2D eigenvalue weighted by atomic mass is 9.92. The molecular formula is C16H24ClNS. The van der Waals surface area contributed by atoms with Gasteiger partial charge in [0.1, 0.15) is 0 Å². The molecule has 0 saturated heterocycles. The van der Waals surface area contributed by atoms with Gasteiger partial charge in [0.25, 0.3) is 0 Å². The third-order valence-electron chi connectivity index (χ3n) is 4.92. The van der Waals surface area contributed by atoms with Gasteiger partial charge in [-0.05, 0) is 50.2 Å². The van der Waals surface area contributed by atoms with Gasteiger partial charge >= 0.3 is 0 Å². The summed E-state index contributed by atoms with van der Waals surface area (Å²) in [5, 5.41) is 3.89. The van der Waals surface area contributed by atoms with Crippen LogP contribution in [0.2, 0.25) is 4.34 Å². The van der Waals surface area contributed by atoms with E-state index in [1.54, 1.807) is 11.3 Å². The zero-order valence-electron chi connectivity index (χ0n) is 11.8. The fourth-order valence-corrected chi connectivity index (χ4v) is 5.12. The molecule has 0 amide bonds. The first-order chi connectivity index (χ1) is 9.24. The van der Waals surface area contributed by atoms with Gasteiger partial charge in [0.2, 0.25) is 0 Å². The first-order valence-corrected chi connectivity index (χ1v) is 8.97. The first kappa shape index (κ1) is 13.9. The van der Waals surface area contributed by atoms with Crippen LogP contribution < -0.4 is 5.32 Å². The summed E-state index contributed by atoms with van der Waals surface area (Å²) in [6.45, 7) is 2.39. The van der Waals surface area contributed by atoms with Crippen molar-refractivity contribution in [1.82, 2.24) is 5.32 Å². The molecule has 19 heavy (non-hydrogen) atoms. The molecule has 3 heteroatoms. The van der Waals surface area contributed by atoms with E-state index in [0.29, 0.717) is 12.1 Å². The molecule has 1 heterocycles. The third kappa shape index (κ3) is 3.17. The summed E-state index contributed by atoms with van der Waals surface area (Å²) < 4.78 is 0.957. The predicted octanol–water partition coefficient (Wildman–Crippen LogP) is 5.34. The van der Waals surface area contributed by atoms with Crippen molar-refractivity contribution in [2.75, 3.05) is 0 Å². The quantitative estimate of drug-likeness (QED) is 0.743. The summed E-state index contributed by atoms with van der Waals surface area (Å²) in [5.74, 6) is 0.876. The number of aryl methyl sites for hydroxylation is 1. The molecule has 1 saturated carbocycles. The van der Waals surface area contributed by atoms with E-state index in [-0.39, 0.29) is 0 Å². The van der Waals surface area contributed by atoms with E-state index in [2.05, 4.69) is 18.3 Å². The van der Waals surface area contributed by atoms with Gasteiger partial charge < -0.3 is 5.32 Å². The number of fused-ring (bicyclic) bond motifs is 1. The van der Waals surface area contributed by atoms with E-state index in [4.69, 9.17) is 11.6 Å². The van der Waals surface area contributed by atoms with Crippen LogP contribution in [0.25, 0.3) is 0 Å². The highest BCUT2D eigenvalue weighted by atomic mass is 35.5. The zero-order chi connectivity index (χ0) is 13.2. The Labute approximate surface area is 125 Å². The number of hydrogen-bond acceptors (Lipinski definition) is 2. The van der Waals surface area contributed by atoms with Gasteiger partial charge in [-0.2, -0.15) is 0 Å². The van der Waals surface area contributed by atoms with Crippen LogP contribution in [0.15, 0.2) is 6.07 Å². The van der Waals surface area contributed by atoms with Crippen LogP contribution in [-0.4, -0.2) is 6.04 Å². The molecule has 0 aromatic carbocycles. The second-order valence-corrected chi connectivity index (χ2v) is 8.00. The summed E-state index contributed by atoms with van der Waals surface area (Å²) in [4.78, 5) is 1.51. The van der Waals surface area contributed by atoms with Gasteiger partial charge in [0.15, 0.2) is 0 Å². The van der Waals surface area contributed by atoms with Gasteiger partial charge in [0.05, 0.1) is 4.34 Å². The Balaban J connectivity index is 1.61. The van der Waals surface area contributed by atoms with Gasteiger partial charge in [0, 0.05) is 17.0 Å². The Kier molecular flexibility index (Phi) is 4.51. The minimum Gasteiger partial charge on any atom is -0.307 e. The minimum atomic E-state index is 0.553. The van der Waals surface area contributed by atoms with Crippen molar-refractivity contribution in [2.24, 2.45) is 5.92 Å². The number of thiophene rings is 1. The molecule has 1 nitrogen and oxygen atoms in total. The monoisotopic (exact) mass is 297 g/mol. The zero-order valence-corrected chi connectivity index (χ0v) is 13.3. The van der Waals surface area contributed by atoms with Crippen molar-refractivity contribution in [3.8, 4) is 0 Å². The molecular weight excluding hydrogens is 274 g/mol. The van der Waals surface area contributed by atoms with E-state index < -0.39 is 0 Å². The first-order valence-electron chi connectivity index (χ1n) is 7.78. The largest absolute Gasteiger partial charge is 0.307 e. The van der Waals surface area contributed by atoms with Crippen LogP contribution in [0, 0.1) is 5.92 Å². The molecule has 1 N–H and O–H groups in total. The normalized spacial score (nSPS) is 26.1. The molecule has 1 fully saturated rings. The van der Waals surface area contributed by atoms with Crippen LogP contribution in [0.1, 0.15) is 68.4 Å². The molecule has 2 aliphatic rings. The van der Waals surface area contributed by atoms with E-state index in [0.717, 1.165) is 10.3 Å². The molecule has 106 valence electrons. The average Bonchev–Trinajstić information content (AvgIpc) is 2.79. The minimum absolute atomic E-state index is 0.553. The fraction of sp³-hybridized carbons (Fsp3) is 0.750. The van der Waals surface area contributed by atoms with Crippen molar-refractivity contribution in [3.05, 3.63) is 20.8 Å². The van der Waals surface area contributed by atoms with Crippen LogP contribution in [0.4, 0.5) is 0 Å². The van der Waals surface area contributed by atoms with Crippen LogP contribution in [-0.2, 0) is 6.42 Å². The fourth-order valence-electron chi connectivity index (χ4n) is 3.77. The standard InChI is InChI=1S/C16H24ClNS/c1-11(12-6-4-2-3-5-7-12)18-14-8-9-15-13(14)10-16(17)19-15/h10-12,14,18H,2-9H2,1H3/t11-,14?/m1/s1. The highest BCUT2D eigenvalue weighted by Crippen LogP contribution is 2.40. The number of hydrogen-bond donors (Lipinski definition) is 1. The maximum atomic E-state index is 6.14. The maximum Gasteiger partial charge on any atom is 0.0934 e. The molecule has 1 unspecified atom stereocenters. The number of nitrogens with one attached hydrogen (secondary N) is 1. The highest BCUT2D eigenvalue weighted by Gasteiger charge is 2.28. The topological polar surface area (TPSA) is 12.0 Å². The Hall–Kier alpha value is -0.0500. The Morgan fingerprint density at radius 3 is 2.68 bits per heavy atom. The lowest BCUT2D eigenvalue weighted by Crippen LogP contribution is -2.35. The third-order valence-corrected chi connectivity index (χ3v) is 6.26. The molecule has 3 rings (SSSR count). The van der Waals surface area contributed by atoms with E-state index in [1.807, 2.05) is 0 Å². The molecule has 0 radical (unpaired) electrons. The second kappa shape index (κ2) is 6.15. The molecule has 2 atom stereocenters. The lowest BCUT2D eigenvalue weighted by Gasteiger charge is -2.27. The molecule has 1 aromatic heterocycles. The van der Waals surface area contributed by atoms with Crippen LogP contribution >= 0.6 is 22.9 Å². The van der Waals surface area contributed by atoms with Crippen molar-refractivity contribution >= 4 is 22.9 Å². The van der Waals surface area contributed by atoms with E-state index >= 15 is 0 Å². The summed E-state index contributed by atoms with van der Waals surface area (Å²) in [7, 11) is 0. The lowest BCUT2D eigenvalue weighted by molar-refractivity contribution is 0.309. The van der Waals surface area contributed by atoms with Crippen molar-refractivity contribution in [2.45, 2.75) is 70.4 Å². The van der Waals surface area contributed by atoms with E-state index in [1.165, 1.54) is 61.8 Å². The van der Waals surface area contributed by atoms with Crippen molar-refractivity contribution in [3.63, 3.8) is 0 Å². The van der Waals surface area contributed by atoms with Crippen molar-refractivity contribution in [1.29, 1.82) is 0 Å². The highest BCUT2D eigenvalue weighted by molar-refractivity contribution is 7.16. The molecule has 0 bridgehead atoms. The average molecular weight is 298 g/mol. The summed E-state index contributed by atoms with van der Waals surface area (Å²) in [6, 6.07) is 3.39.